The first kappa shape index (κ1) is 13.2. The van der Waals surface area contributed by atoms with Crippen LogP contribution in [0.1, 0.15) is 25.0 Å². The highest BCUT2D eigenvalue weighted by molar-refractivity contribution is 7.15. The van der Waals surface area contributed by atoms with Crippen molar-refractivity contribution in [2.24, 2.45) is 0 Å². The van der Waals surface area contributed by atoms with E-state index < -0.39 is 5.97 Å². The topological polar surface area (TPSA) is 70.5 Å². The minimum atomic E-state index is -1.02. The van der Waals surface area contributed by atoms with E-state index >= 15 is 0 Å². The van der Waals surface area contributed by atoms with E-state index in [9.17, 15) is 9.59 Å². The number of thiophene rings is 1. The van der Waals surface area contributed by atoms with Crippen LogP contribution in [0, 0.1) is 0 Å². The molecule has 6 heteroatoms. The van der Waals surface area contributed by atoms with Crippen LogP contribution in [0.3, 0.4) is 0 Å². The number of hydrogen-bond donors (Lipinski definition) is 1. The van der Waals surface area contributed by atoms with Gasteiger partial charge in [-0.25, -0.2) is 4.79 Å². The van der Waals surface area contributed by atoms with Crippen molar-refractivity contribution >= 4 is 23.2 Å². The van der Waals surface area contributed by atoms with Crippen molar-refractivity contribution in [2.75, 3.05) is 7.05 Å². The van der Waals surface area contributed by atoms with Gasteiger partial charge in [0.1, 0.15) is 4.88 Å². The zero-order chi connectivity index (χ0) is 13.8. The summed E-state index contributed by atoms with van der Waals surface area (Å²) in [4.78, 5) is 29.1. The first-order valence-electron chi connectivity index (χ1n) is 5.56. The van der Waals surface area contributed by atoms with Crippen LogP contribution in [0.2, 0.25) is 0 Å². The highest BCUT2D eigenvalue weighted by atomic mass is 32.1. The first-order valence-corrected chi connectivity index (χ1v) is 6.38. The molecule has 2 aromatic rings. The van der Waals surface area contributed by atoms with E-state index in [0.29, 0.717) is 11.4 Å². The van der Waals surface area contributed by atoms with Gasteiger partial charge in [-0.1, -0.05) is 6.07 Å². The third-order valence-corrected chi connectivity index (χ3v) is 3.56. The molecule has 0 aliphatic carbocycles. The molecule has 19 heavy (non-hydrogen) atoms. The molecule has 2 aromatic heterocycles. The average molecular weight is 276 g/mol. The van der Waals surface area contributed by atoms with Crippen molar-refractivity contribution in [1.29, 1.82) is 0 Å². The summed E-state index contributed by atoms with van der Waals surface area (Å²) < 4.78 is 0. The Balaban J connectivity index is 2.08. The third kappa shape index (κ3) is 3.17. The molecule has 2 rings (SSSR count). The van der Waals surface area contributed by atoms with Crippen molar-refractivity contribution in [1.82, 2.24) is 9.88 Å². The van der Waals surface area contributed by atoms with Crippen LogP contribution >= 0.6 is 11.3 Å². The average Bonchev–Trinajstić information content (AvgIpc) is 2.88. The molecule has 0 spiro atoms. The van der Waals surface area contributed by atoms with Crippen molar-refractivity contribution in [3.8, 4) is 0 Å². The quantitative estimate of drug-likeness (QED) is 0.928. The van der Waals surface area contributed by atoms with Crippen LogP contribution in [0.5, 0.6) is 0 Å². The smallest absolute Gasteiger partial charge is 0.345 e. The fourth-order valence-corrected chi connectivity index (χ4v) is 2.40. The van der Waals surface area contributed by atoms with E-state index in [1.165, 1.54) is 17.0 Å². The number of hydrogen-bond acceptors (Lipinski definition) is 4. The van der Waals surface area contributed by atoms with Crippen LogP contribution < -0.4 is 0 Å². The lowest BCUT2D eigenvalue weighted by Gasteiger charge is -2.15. The minimum absolute atomic E-state index is 0.162. The van der Waals surface area contributed by atoms with E-state index in [2.05, 4.69) is 4.98 Å². The van der Waals surface area contributed by atoms with E-state index in [0.717, 1.165) is 17.0 Å². The van der Waals surface area contributed by atoms with Gasteiger partial charge >= 0.3 is 5.97 Å². The van der Waals surface area contributed by atoms with Gasteiger partial charge in [-0.2, -0.15) is 0 Å². The summed E-state index contributed by atoms with van der Waals surface area (Å²) in [6, 6.07) is 8.47. The van der Waals surface area contributed by atoms with Crippen molar-refractivity contribution in [3.05, 3.63) is 52.0 Å². The largest absolute Gasteiger partial charge is 0.477 e. The highest BCUT2D eigenvalue weighted by Gasteiger charge is 2.16. The molecule has 2 heterocycles. The SMILES string of the molecule is CN(Cc1ccccn1)C(=O)c1ccc(C(=O)O)s1. The minimum Gasteiger partial charge on any atom is -0.477 e. The van der Waals surface area contributed by atoms with Gasteiger partial charge < -0.3 is 10.0 Å². The number of nitrogens with zero attached hydrogens (tertiary/aromatic N) is 2. The van der Waals surface area contributed by atoms with E-state index in [1.807, 2.05) is 18.2 Å². The first-order chi connectivity index (χ1) is 9.08. The number of carbonyl (C=O) groups excluding carboxylic acids is 1. The van der Waals surface area contributed by atoms with Gasteiger partial charge in [0, 0.05) is 13.2 Å². The zero-order valence-corrected chi connectivity index (χ0v) is 11.1. The molecule has 98 valence electrons. The second-order valence-corrected chi connectivity index (χ2v) is 5.04. The lowest BCUT2D eigenvalue weighted by Crippen LogP contribution is -2.25. The number of rotatable bonds is 4. The summed E-state index contributed by atoms with van der Waals surface area (Å²) >= 11 is 0.977. The molecule has 0 aliphatic heterocycles. The van der Waals surface area contributed by atoms with Crippen LogP contribution in [0.25, 0.3) is 0 Å². The van der Waals surface area contributed by atoms with Crippen molar-refractivity contribution in [3.63, 3.8) is 0 Å². The second kappa shape index (κ2) is 5.62. The second-order valence-electron chi connectivity index (χ2n) is 3.95. The Morgan fingerprint density at radius 3 is 2.58 bits per heavy atom. The maximum Gasteiger partial charge on any atom is 0.345 e. The summed E-state index contributed by atoms with van der Waals surface area (Å²) in [7, 11) is 1.66. The van der Waals surface area contributed by atoms with Crippen molar-refractivity contribution in [2.45, 2.75) is 6.54 Å². The number of pyridine rings is 1. The Bertz CT molecular complexity index is 595. The van der Waals surface area contributed by atoms with Gasteiger partial charge in [-0.15, -0.1) is 11.3 Å². The molecular formula is C13H12N2O3S. The fourth-order valence-electron chi connectivity index (χ4n) is 1.56. The molecule has 0 unspecified atom stereocenters. The molecule has 1 N–H and O–H groups in total. The molecule has 0 aromatic carbocycles. The number of carboxylic acids is 1. The number of carbonyl (C=O) groups is 2. The summed E-state index contributed by atoms with van der Waals surface area (Å²) in [5.41, 5.74) is 0.786. The molecule has 5 nitrogen and oxygen atoms in total. The Hall–Kier alpha value is -2.21. The van der Waals surface area contributed by atoms with Crippen LogP contribution in [0.15, 0.2) is 36.5 Å². The summed E-state index contributed by atoms with van der Waals surface area (Å²) in [5.74, 6) is -1.22. The van der Waals surface area contributed by atoms with Gasteiger partial charge in [0.15, 0.2) is 0 Å². The standard InChI is InChI=1S/C13H12N2O3S/c1-15(8-9-4-2-3-7-14-9)12(16)10-5-6-11(19-10)13(17)18/h2-7H,8H2,1H3,(H,17,18). The Morgan fingerprint density at radius 2 is 2.00 bits per heavy atom. The lowest BCUT2D eigenvalue weighted by molar-refractivity contribution is 0.0701. The number of amides is 1. The predicted molar refractivity (Wildman–Crippen MR) is 71.3 cm³/mol. The fraction of sp³-hybridized carbons (Fsp3) is 0.154. The summed E-state index contributed by atoms with van der Waals surface area (Å²) in [5, 5.41) is 8.83. The van der Waals surface area contributed by atoms with Crippen LogP contribution in [-0.4, -0.2) is 33.9 Å². The molecule has 0 radical (unpaired) electrons. The normalized spacial score (nSPS) is 10.2. The maximum atomic E-state index is 12.1. The maximum absolute atomic E-state index is 12.1. The molecule has 0 bridgehead atoms. The van der Waals surface area contributed by atoms with E-state index in [4.69, 9.17) is 5.11 Å². The number of aromatic carboxylic acids is 1. The Morgan fingerprint density at radius 1 is 1.26 bits per heavy atom. The predicted octanol–water partition coefficient (Wildman–Crippen LogP) is 2.11. The van der Waals surface area contributed by atoms with E-state index in [-0.39, 0.29) is 10.8 Å². The van der Waals surface area contributed by atoms with Gasteiger partial charge in [0.25, 0.3) is 5.91 Å². The lowest BCUT2D eigenvalue weighted by atomic mass is 10.3. The van der Waals surface area contributed by atoms with Gasteiger partial charge in [0.2, 0.25) is 0 Å². The Kier molecular flexibility index (Phi) is 3.91. The monoisotopic (exact) mass is 276 g/mol. The molecule has 0 aliphatic rings. The number of carboxylic acid groups (broad SMARTS) is 1. The van der Waals surface area contributed by atoms with Gasteiger partial charge in [-0.05, 0) is 24.3 Å². The van der Waals surface area contributed by atoms with Crippen LogP contribution in [-0.2, 0) is 6.54 Å². The zero-order valence-electron chi connectivity index (χ0n) is 10.2. The molecule has 0 saturated heterocycles. The van der Waals surface area contributed by atoms with Gasteiger partial charge in [0.05, 0.1) is 17.1 Å². The van der Waals surface area contributed by atoms with E-state index in [1.54, 1.807) is 13.2 Å². The Labute approximate surface area is 114 Å². The van der Waals surface area contributed by atoms with Crippen LogP contribution in [0.4, 0.5) is 0 Å². The summed E-state index contributed by atoms with van der Waals surface area (Å²) in [6.07, 6.45) is 1.67. The summed E-state index contributed by atoms with van der Waals surface area (Å²) in [6.45, 7) is 0.389. The third-order valence-electron chi connectivity index (χ3n) is 2.50. The molecular weight excluding hydrogens is 264 g/mol. The number of aromatic nitrogens is 1. The highest BCUT2D eigenvalue weighted by Crippen LogP contribution is 2.18. The molecule has 0 fully saturated rings. The molecule has 0 atom stereocenters. The molecule has 0 saturated carbocycles. The van der Waals surface area contributed by atoms with Gasteiger partial charge in [-0.3, -0.25) is 9.78 Å². The van der Waals surface area contributed by atoms with Crippen molar-refractivity contribution < 1.29 is 14.7 Å². The molecule has 1 amide bonds.